The molecule has 138 valence electrons. The van der Waals surface area contributed by atoms with Gasteiger partial charge in [0.15, 0.2) is 0 Å². The molecule has 0 unspecified atom stereocenters. The lowest BCUT2D eigenvalue weighted by atomic mass is 10.1. The molecule has 8 heteroatoms. The molecule has 2 amide bonds. The van der Waals surface area contributed by atoms with E-state index in [0.29, 0.717) is 18.4 Å². The molecule has 3 N–H and O–H groups in total. The summed E-state index contributed by atoms with van der Waals surface area (Å²) in [5.41, 5.74) is 6.49. The summed E-state index contributed by atoms with van der Waals surface area (Å²) >= 11 is 0. The van der Waals surface area contributed by atoms with Crippen LogP contribution < -0.4 is 11.1 Å². The van der Waals surface area contributed by atoms with Crippen molar-refractivity contribution in [2.45, 2.75) is 31.8 Å². The van der Waals surface area contributed by atoms with Crippen molar-refractivity contribution >= 4 is 17.5 Å². The number of amides is 2. The van der Waals surface area contributed by atoms with Gasteiger partial charge in [-0.1, -0.05) is 0 Å². The number of pyridine rings is 1. The van der Waals surface area contributed by atoms with Gasteiger partial charge >= 0.3 is 6.03 Å². The van der Waals surface area contributed by atoms with E-state index < -0.39 is 0 Å². The van der Waals surface area contributed by atoms with Gasteiger partial charge in [-0.25, -0.2) is 14.8 Å². The highest BCUT2D eigenvalue weighted by molar-refractivity contribution is 5.89. The van der Waals surface area contributed by atoms with Crippen LogP contribution in [0.5, 0.6) is 0 Å². The number of urea groups is 1. The van der Waals surface area contributed by atoms with Gasteiger partial charge in [0.05, 0.1) is 6.54 Å². The number of hydrogen-bond donors (Lipinski definition) is 2. The summed E-state index contributed by atoms with van der Waals surface area (Å²) in [6.07, 6.45) is 7.95. The quantitative estimate of drug-likeness (QED) is 0.870. The number of nitrogens with zero attached hydrogens (tertiary/aromatic N) is 5. The average Bonchev–Trinajstić information content (AvgIpc) is 2.89. The fourth-order valence-electron chi connectivity index (χ4n) is 3.20. The highest BCUT2D eigenvalue weighted by Crippen LogP contribution is 2.18. The van der Waals surface area contributed by atoms with Crippen molar-refractivity contribution < 1.29 is 4.79 Å². The van der Waals surface area contributed by atoms with Crippen molar-refractivity contribution in [1.29, 1.82) is 0 Å². The Morgan fingerprint density at radius 1 is 1.27 bits per heavy atom. The number of hydrogen-bond acceptors (Lipinski definition) is 6. The maximum Gasteiger partial charge on any atom is 0.321 e. The van der Waals surface area contributed by atoms with E-state index in [2.05, 4.69) is 32.2 Å². The fourth-order valence-corrected chi connectivity index (χ4v) is 3.20. The van der Waals surface area contributed by atoms with E-state index >= 15 is 0 Å². The minimum atomic E-state index is -0.0568. The number of aromatic nitrogens is 3. The van der Waals surface area contributed by atoms with E-state index in [9.17, 15) is 4.79 Å². The first-order valence-corrected chi connectivity index (χ1v) is 8.85. The van der Waals surface area contributed by atoms with Crippen LogP contribution in [-0.2, 0) is 6.54 Å². The van der Waals surface area contributed by atoms with Crippen LogP contribution in [0, 0.1) is 0 Å². The minimum absolute atomic E-state index is 0.0568. The second kappa shape index (κ2) is 8.57. The third-order valence-electron chi connectivity index (χ3n) is 4.66. The lowest BCUT2D eigenvalue weighted by Gasteiger charge is -2.26. The van der Waals surface area contributed by atoms with Crippen molar-refractivity contribution in [2.24, 2.45) is 0 Å². The van der Waals surface area contributed by atoms with Gasteiger partial charge in [-0.2, -0.15) is 0 Å². The molecule has 26 heavy (non-hydrogen) atoms. The Kier molecular flexibility index (Phi) is 5.96. The van der Waals surface area contributed by atoms with Gasteiger partial charge in [0.2, 0.25) is 0 Å². The molecule has 1 saturated heterocycles. The highest BCUT2D eigenvalue weighted by Gasteiger charge is 2.23. The zero-order valence-corrected chi connectivity index (χ0v) is 15.0. The first-order valence-electron chi connectivity index (χ1n) is 8.85. The monoisotopic (exact) mass is 355 g/mol. The molecule has 1 atom stereocenters. The minimum Gasteiger partial charge on any atom is -0.384 e. The summed E-state index contributed by atoms with van der Waals surface area (Å²) in [4.78, 5) is 29.1. The van der Waals surface area contributed by atoms with Crippen molar-refractivity contribution in [2.75, 3.05) is 31.2 Å². The summed E-state index contributed by atoms with van der Waals surface area (Å²) in [5.74, 6) is 1.22. The first-order chi connectivity index (χ1) is 12.6. The van der Waals surface area contributed by atoms with E-state index in [-0.39, 0.29) is 6.03 Å². The molecule has 3 heterocycles. The molecule has 0 bridgehead atoms. The predicted molar refractivity (Wildman–Crippen MR) is 100 cm³/mol. The molecule has 2 aromatic rings. The molecule has 1 fully saturated rings. The first kappa shape index (κ1) is 18.1. The normalized spacial score (nSPS) is 17.8. The second-order valence-electron chi connectivity index (χ2n) is 6.55. The third kappa shape index (κ3) is 4.89. The number of anilines is 2. The van der Waals surface area contributed by atoms with Gasteiger partial charge in [0.1, 0.15) is 11.6 Å². The van der Waals surface area contributed by atoms with Gasteiger partial charge in [-0.15, -0.1) is 0 Å². The van der Waals surface area contributed by atoms with Crippen LogP contribution in [0.1, 0.15) is 25.1 Å². The highest BCUT2D eigenvalue weighted by atomic mass is 16.2. The number of likely N-dealkylation sites (tertiary alicyclic amines) is 1. The fraction of sp³-hybridized carbons (Fsp3) is 0.444. The van der Waals surface area contributed by atoms with Crippen LogP contribution in [0.25, 0.3) is 0 Å². The molecular formula is C18H25N7O. The molecule has 0 radical (unpaired) electrons. The smallest absolute Gasteiger partial charge is 0.321 e. The summed E-state index contributed by atoms with van der Waals surface area (Å²) < 4.78 is 0. The maximum absolute atomic E-state index is 12.5. The molecule has 3 rings (SSSR count). The number of nitrogen functional groups attached to an aromatic ring is 1. The number of carbonyl (C=O) groups is 1. The zero-order valence-electron chi connectivity index (χ0n) is 15.0. The Hall–Kier alpha value is -2.74. The Morgan fingerprint density at radius 2 is 2.08 bits per heavy atom. The summed E-state index contributed by atoms with van der Waals surface area (Å²) in [6, 6.07) is 5.60. The number of rotatable bonds is 4. The lowest BCUT2D eigenvalue weighted by Crippen LogP contribution is -2.37. The molecule has 1 aliphatic heterocycles. The molecular weight excluding hydrogens is 330 g/mol. The lowest BCUT2D eigenvalue weighted by molar-refractivity contribution is 0.199. The van der Waals surface area contributed by atoms with E-state index in [0.717, 1.165) is 43.9 Å². The molecule has 1 aliphatic rings. The maximum atomic E-state index is 12.5. The van der Waals surface area contributed by atoms with Crippen LogP contribution in [0.15, 0.2) is 36.8 Å². The Balaban J connectivity index is 1.53. The molecule has 0 aromatic carbocycles. The van der Waals surface area contributed by atoms with Gasteiger partial charge < -0.3 is 16.0 Å². The van der Waals surface area contributed by atoms with Crippen LogP contribution in [-0.4, -0.2) is 57.0 Å². The standard InChI is InChI=1S/C18H25N7O/c1-24(13-17-21-10-6-16(19)23-17)15-3-2-11-25(12-7-15)18(26)22-14-4-8-20-9-5-14/h4-6,8-10,15H,2-3,7,11-13H2,1H3,(H2,19,21,23)(H,20,22,26)/t15-/m0/s1. The van der Waals surface area contributed by atoms with Gasteiger partial charge in [-0.05, 0) is 44.5 Å². The molecule has 0 saturated carbocycles. The predicted octanol–water partition coefficient (Wildman–Crippen LogP) is 1.97. The second-order valence-corrected chi connectivity index (χ2v) is 6.55. The molecule has 0 spiro atoms. The van der Waals surface area contributed by atoms with Crippen molar-refractivity contribution in [3.63, 3.8) is 0 Å². The van der Waals surface area contributed by atoms with Gasteiger partial charge in [0.25, 0.3) is 0 Å². The van der Waals surface area contributed by atoms with E-state index in [4.69, 9.17) is 5.73 Å². The summed E-state index contributed by atoms with van der Waals surface area (Å²) in [5, 5.41) is 2.93. The summed E-state index contributed by atoms with van der Waals surface area (Å²) in [6.45, 7) is 2.14. The third-order valence-corrected chi connectivity index (χ3v) is 4.66. The Labute approximate surface area is 153 Å². The Bertz CT molecular complexity index is 724. The summed E-state index contributed by atoms with van der Waals surface area (Å²) in [7, 11) is 2.07. The van der Waals surface area contributed by atoms with Crippen molar-refractivity contribution in [3.05, 3.63) is 42.6 Å². The number of nitrogens with two attached hydrogens (primary N) is 1. The van der Waals surface area contributed by atoms with Crippen LogP contribution in [0.2, 0.25) is 0 Å². The van der Waals surface area contributed by atoms with E-state index in [1.54, 1.807) is 36.8 Å². The zero-order chi connectivity index (χ0) is 18.4. The number of nitrogens with one attached hydrogen (secondary N) is 1. The van der Waals surface area contributed by atoms with Gasteiger partial charge in [-0.3, -0.25) is 9.88 Å². The van der Waals surface area contributed by atoms with Gasteiger partial charge in [0, 0.05) is 43.4 Å². The van der Waals surface area contributed by atoms with E-state index in [1.807, 2.05) is 4.90 Å². The van der Waals surface area contributed by atoms with E-state index in [1.165, 1.54) is 0 Å². The van der Waals surface area contributed by atoms with Crippen LogP contribution >= 0.6 is 0 Å². The molecule has 8 nitrogen and oxygen atoms in total. The Morgan fingerprint density at radius 3 is 2.85 bits per heavy atom. The topological polar surface area (TPSA) is 100 Å². The number of carbonyl (C=O) groups excluding carboxylic acids is 1. The van der Waals surface area contributed by atoms with Crippen molar-refractivity contribution in [3.8, 4) is 0 Å². The average molecular weight is 355 g/mol. The van der Waals surface area contributed by atoms with Crippen LogP contribution in [0.4, 0.5) is 16.3 Å². The molecule has 0 aliphatic carbocycles. The molecule has 2 aromatic heterocycles. The SMILES string of the molecule is CN(Cc1nccc(N)n1)[C@H]1CCCN(C(=O)Nc2ccncc2)CC1. The van der Waals surface area contributed by atoms with Crippen LogP contribution in [0.3, 0.4) is 0 Å². The largest absolute Gasteiger partial charge is 0.384 e. The van der Waals surface area contributed by atoms with Crippen molar-refractivity contribution in [1.82, 2.24) is 24.8 Å².